The number of hydrogen-bond donors (Lipinski definition) is 1. The molecule has 0 saturated heterocycles. The maximum absolute atomic E-state index is 13.0. The first-order chi connectivity index (χ1) is 5.70. The van der Waals surface area contributed by atoms with Gasteiger partial charge in [-0.3, -0.25) is 4.98 Å². The minimum atomic E-state index is -0.241. The first-order valence-electron chi connectivity index (χ1n) is 4.07. The Balaban J connectivity index is 2.17. The third-order valence-corrected chi connectivity index (χ3v) is 2.29. The molecule has 0 spiro atoms. The zero-order chi connectivity index (χ0) is 8.60. The van der Waals surface area contributed by atoms with Crippen molar-refractivity contribution in [2.75, 3.05) is 0 Å². The summed E-state index contributed by atoms with van der Waals surface area (Å²) in [5, 5.41) is 0. The highest BCUT2D eigenvalue weighted by atomic mass is 19.1. The molecule has 2 rings (SSSR count). The Labute approximate surface area is 70.6 Å². The van der Waals surface area contributed by atoms with Gasteiger partial charge in [-0.2, -0.15) is 0 Å². The second-order valence-corrected chi connectivity index (χ2v) is 3.51. The van der Waals surface area contributed by atoms with Gasteiger partial charge in [-0.15, -0.1) is 0 Å². The molecular weight excluding hydrogens is 155 g/mol. The highest BCUT2D eigenvalue weighted by Gasteiger charge is 2.38. The van der Waals surface area contributed by atoms with Gasteiger partial charge in [0.15, 0.2) is 0 Å². The van der Waals surface area contributed by atoms with Crippen molar-refractivity contribution >= 4 is 0 Å². The minimum absolute atomic E-state index is 0.123. The van der Waals surface area contributed by atoms with Gasteiger partial charge in [0.2, 0.25) is 0 Å². The van der Waals surface area contributed by atoms with Crippen molar-refractivity contribution in [3.63, 3.8) is 0 Å². The summed E-state index contributed by atoms with van der Waals surface area (Å²) in [5.74, 6) is -0.241. The number of halogens is 1. The zero-order valence-electron chi connectivity index (χ0n) is 6.76. The van der Waals surface area contributed by atoms with E-state index in [4.69, 9.17) is 5.73 Å². The molecule has 1 aromatic rings. The van der Waals surface area contributed by atoms with Crippen LogP contribution in [0, 0.1) is 5.82 Å². The van der Waals surface area contributed by atoms with Crippen molar-refractivity contribution in [1.82, 2.24) is 4.98 Å². The first kappa shape index (κ1) is 7.68. The number of nitrogens with zero attached hydrogens (tertiary/aromatic N) is 1. The van der Waals surface area contributed by atoms with Crippen LogP contribution in [0.3, 0.4) is 0 Å². The standard InChI is InChI=1S/C9H11FN2/c10-8-6-12-4-1-7(8)5-9(11)2-3-9/h1,4,6H,2-3,5,11H2. The summed E-state index contributed by atoms with van der Waals surface area (Å²) >= 11 is 0. The van der Waals surface area contributed by atoms with Crippen molar-refractivity contribution in [3.05, 3.63) is 29.8 Å². The van der Waals surface area contributed by atoms with E-state index in [1.807, 2.05) is 0 Å². The minimum Gasteiger partial charge on any atom is -0.325 e. The predicted octanol–water partition coefficient (Wildman–Crippen LogP) is 1.25. The van der Waals surface area contributed by atoms with Gasteiger partial charge in [0.1, 0.15) is 5.82 Å². The SMILES string of the molecule is NC1(Cc2ccncc2F)CC1. The van der Waals surface area contributed by atoms with E-state index < -0.39 is 0 Å². The molecule has 0 atom stereocenters. The summed E-state index contributed by atoms with van der Waals surface area (Å²) < 4.78 is 13.0. The van der Waals surface area contributed by atoms with E-state index in [1.165, 1.54) is 6.20 Å². The van der Waals surface area contributed by atoms with E-state index in [0.29, 0.717) is 12.0 Å². The van der Waals surface area contributed by atoms with Gasteiger partial charge in [-0.25, -0.2) is 4.39 Å². The van der Waals surface area contributed by atoms with Crippen LogP contribution in [0.1, 0.15) is 18.4 Å². The lowest BCUT2D eigenvalue weighted by Crippen LogP contribution is -2.25. The van der Waals surface area contributed by atoms with E-state index in [9.17, 15) is 4.39 Å². The molecule has 0 aromatic carbocycles. The summed E-state index contributed by atoms with van der Waals surface area (Å²) in [5.41, 5.74) is 6.42. The average molecular weight is 166 g/mol. The molecule has 64 valence electrons. The molecule has 0 bridgehead atoms. The van der Waals surface area contributed by atoms with Crippen LogP contribution < -0.4 is 5.73 Å². The van der Waals surface area contributed by atoms with Crippen LogP contribution in [0.4, 0.5) is 4.39 Å². The number of pyridine rings is 1. The fourth-order valence-electron chi connectivity index (χ4n) is 1.26. The molecule has 1 aliphatic carbocycles. The van der Waals surface area contributed by atoms with Gasteiger partial charge >= 0.3 is 0 Å². The van der Waals surface area contributed by atoms with Crippen molar-refractivity contribution in [2.45, 2.75) is 24.8 Å². The smallest absolute Gasteiger partial charge is 0.144 e. The second kappa shape index (κ2) is 2.52. The maximum Gasteiger partial charge on any atom is 0.144 e. The quantitative estimate of drug-likeness (QED) is 0.718. The molecule has 12 heavy (non-hydrogen) atoms. The van der Waals surface area contributed by atoms with Crippen molar-refractivity contribution < 1.29 is 4.39 Å². The fourth-order valence-corrected chi connectivity index (χ4v) is 1.26. The van der Waals surface area contributed by atoms with Crippen LogP contribution >= 0.6 is 0 Å². The van der Waals surface area contributed by atoms with E-state index in [0.717, 1.165) is 12.8 Å². The predicted molar refractivity (Wildman–Crippen MR) is 44.1 cm³/mol. The molecule has 0 radical (unpaired) electrons. The lowest BCUT2D eigenvalue weighted by molar-refractivity contribution is 0.577. The lowest BCUT2D eigenvalue weighted by atomic mass is 10.1. The fraction of sp³-hybridized carbons (Fsp3) is 0.444. The van der Waals surface area contributed by atoms with Crippen LogP contribution in [-0.2, 0) is 6.42 Å². The molecular formula is C9H11FN2. The van der Waals surface area contributed by atoms with E-state index >= 15 is 0 Å². The van der Waals surface area contributed by atoms with Crippen LogP contribution in [0.5, 0.6) is 0 Å². The number of hydrogen-bond acceptors (Lipinski definition) is 2. The Morgan fingerprint density at radius 3 is 2.92 bits per heavy atom. The van der Waals surface area contributed by atoms with Crippen LogP contribution in [0.15, 0.2) is 18.5 Å². The summed E-state index contributed by atoms with van der Waals surface area (Å²) in [4.78, 5) is 3.68. The van der Waals surface area contributed by atoms with Crippen LogP contribution in [0.25, 0.3) is 0 Å². The maximum atomic E-state index is 13.0. The number of aromatic nitrogens is 1. The molecule has 1 saturated carbocycles. The normalized spacial score (nSPS) is 19.2. The Bertz CT molecular complexity index is 294. The summed E-state index contributed by atoms with van der Waals surface area (Å²) in [7, 11) is 0. The Hall–Kier alpha value is -0.960. The number of rotatable bonds is 2. The first-order valence-corrected chi connectivity index (χ1v) is 4.07. The monoisotopic (exact) mass is 166 g/mol. The summed E-state index contributed by atoms with van der Waals surface area (Å²) in [6.07, 6.45) is 5.50. The Kier molecular flexibility index (Phi) is 1.61. The number of nitrogens with two attached hydrogens (primary N) is 1. The molecule has 1 aliphatic rings. The van der Waals surface area contributed by atoms with Gasteiger partial charge in [0, 0.05) is 11.7 Å². The molecule has 1 fully saturated rings. The topological polar surface area (TPSA) is 38.9 Å². The highest BCUT2D eigenvalue weighted by Crippen LogP contribution is 2.35. The molecule has 3 heteroatoms. The second-order valence-electron chi connectivity index (χ2n) is 3.51. The van der Waals surface area contributed by atoms with Crippen LogP contribution in [-0.4, -0.2) is 10.5 Å². The van der Waals surface area contributed by atoms with Crippen molar-refractivity contribution in [1.29, 1.82) is 0 Å². The molecule has 2 nitrogen and oxygen atoms in total. The lowest BCUT2D eigenvalue weighted by Gasteiger charge is -2.07. The highest BCUT2D eigenvalue weighted by molar-refractivity contribution is 5.19. The molecule has 2 N–H and O–H groups in total. The molecule has 0 amide bonds. The van der Waals surface area contributed by atoms with Crippen molar-refractivity contribution in [3.8, 4) is 0 Å². The Morgan fingerprint density at radius 1 is 1.58 bits per heavy atom. The third-order valence-electron chi connectivity index (χ3n) is 2.29. The molecule has 1 heterocycles. The van der Waals surface area contributed by atoms with Crippen molar-refractivity contribution in [2.24, 2.45) is 5.73 Å². The molecule has 0 aliphatic heterocycles. The summed E-state index contributed by atoms with van der Waals surface area (Å²) in [6.45, 7) is 0. The molecule has 1 aromatic heterocycles. The third kappa shape index (κ3) is 1.46. The molecule has 0 unspecified atom stereocenters. The van der Waals surface area contributed by atoms with Gasteiger partial charge in [-0.1, -0.05) is 0 Å². The van der Waals surface area contributed by atoms with Gasteiger partial charge < -0.3 is 5.73 Å². The average Bonchev–Trinajstić information content (AvgIpc) is 2.74. The van der Waals surface area contributed by atoms with E-state index in [-0.39, 0.29) is 11.4 Å². The van der Waals surface area contributed by atoms with Gasteiger partial charge in [-0.05, 0) is 30.9 Å². The van der Waals surface area contributed by atoms with E-state index in [1.54, 1.807) is 12.3 Å². The van der Waals surface area contributed by atoms with Crippen LogP contribution in [0.2, 0.25) is 0 Å². The van der Waals surface area contributed by atoms with Gasteiger partial charge in [0.05, 0.1) is 6.20 Å². The van der Waals surface area contributed by atoms with Gasteiger partial charge in [0.25, 0.3) is 0 Å². The van der Waals surface area contributed by atoms with E-state index in [2.05, 4.69) is 4.98 Å². The Morgan fingerprint density at radius 2 is 2.33 bits per heavy atom. The largest absolute Gasteiger partial charge is 0.325 e. The zero-order valence-corrected chi connectivity index (χ0v) is 6.76. The summed E-state index contributed by atoms with van der Waals surface area (Å²) in [6, 6.07) is 1.70.